The number of carboxylic acids is 1. The predicted octanol–water partition coefficient (Wildman–Crippen LogP) is 1.47. The van der Waals surface area contributed by atoms with E-state index in [2.05, 4.69) is 21.2 Å². The molecule has 0 saturated heterocycles. The molecule has 4 heteroatoms. The number of hydrogen-bond acceptors (Lipinski definition) is 2. The van der Waals surface area contributed by atoms with Crippen molar-refractivity contribution in [2.45, 2.75) is 24.6 Å². The van der Waals surface area contributed by atoms with Gasteiger partial charge in [0.1, 0.15) is 4.83 Å². The lowest BCUT2D eigenvalue weighted by Gasteiger charge is -1.98. The second kappa shape index (κ2) is 9.91. The number of carbonyl (C=O) groups is 1. The van der Waals surface area contributed by atoms with Crippen molar-refractivity contribution in [3.05, 3.63) is 0 Å². The molecule has 11 heavy (non-hydrogen) atoms. The Morgan fingerprint density at radius 3 is 2.09 bits per heavy atom. The molecule has 0 fully saturated rings. The van der Waals surface area contributed by atoms with Crippen molar-refractivity contribution in [3.63, 3.8) is 0 Å². The van der Waals surface area contributed by atoms with Crippen LogP contribution in [-0.2, 0) is 4.79 Å². The summed E-state index contributed by atoms with van der Waals surface area (Å²) in [7, 11) is 3.75. The van der Waals surface area contributed by atoms with E-state index in [0.29, 0.717) is 6.42 Å². The van der Waals surface area contributed by atoms with Crippen LogP contribution in [0.5, 0.6) is 0 Å². The number of halogens is 1. The zero-order valence-corrected chi connectivity index (χ0v) is 8.81. The van der Waals surface area contributed by atoms with Gasteiger partial charge in [-0.3, -0.25) is 4.79 Å². The number of aliphatic carboxylic acids is 1. The van der Waals surface area contributed by atoms with Crippen LogP contribution < -0.4 is 5.32 Å². The molecule has 0 aliphatic rings. The van der Waals surface area contributed by atoms with Crippen LogP contribution in [0.1, 0.15) is 19.8 Å². The third-order valence-electron chi connectivity index (χ3n) is 0.810. The van der Waals surface area contributed by atoms with Crippen molar-refractivity contribution in [1.82, 2.24) is 5.32 Å². The number of nitrogens with one attached hydrogen (secondary N) is 1. The molecule has 0 aliphatic carbocycles. The molecule has 1 unspecified atom stereocenters. The van der Waals surface area contributed by atoms with Crippen molar-refractivity contribution in [2.24, 2.45) is 0 Å². The van der Waals surface area contributed by atoms with Gasteiger partial charge in [0.15, 0.2) is 0 Å². The summed E-state index contributed by atoms with van der Waals surface area (Å²) < 4.78 is 0. The molecule has 0 aromatic heterocycles. The molecular formula is C7H16BrNO2. The summed E-state index contributed by atoms with van der Waals surface area (Å²) in [6, 6.07) is 0. The van der Waals surface area contributed by atoms with E-state index >= 15 is 0 Å². The van der Waals surface area contributed by atoms with Gasteiger partial charge in [0, 0.05) is 0 Å². The van der Waals surface area contributed by atoms with E-state index in [1.807, 2.05) is 21.0 Å². The monoisotopic (exact) mass is 225 g/mol. The minimum absolute atomic E-state index is 0.354. The van der Waals surface area contributed by atoms with E-state index in [9.17, 15) is 4.79 Å². The zero-order valence-electron chi connectivity index (χ0n) is 7.22. The highest BCUT2D eigenvalue weighted by Crippen LogP contribution is 2.06. The molecule has 68 valence electrons. The van der Waals surface area contributed by atoms with Crippen LogP contribution in [-0.4, -0.2) is 30.0 Å². The second-order valence-corrected chi connectivity index (χ2v) is 3.20. The highest BCUT2D eigenvalue weighted by Gasteiger charge is 2.09. The van der Waals surface area contributed by atoms with E-state index < -0.39 is 5.97 Å². The summed E-state index contributed by atoms with van der Waals surface area (Å²) >= 11 is 3.00. The molecule has 2 N–H and O–H groups in total. The Morgan fingerprint density at radius 2 is 2.00 bits per heavy atom. The van der Waals surface area contributed by atoms with Crippen molar-refractivity contribution < 1.29 is 9.90 Å². The molecule has 0 rings (SSSR count). The summed E-state index contributed by atoms with van der Waals surface area (Å²) in [5, 5.41) is 11.0. The van der Waals surface area contributed by atoms with Crippen LogP contribution in [0.25, 0.3) is 0 Å². The number of hydrogen-bond donors (Lipinski definition) is 2. The van der Waals surface area contributed by atoms with Crippen LogP contribution in [0.4, 0.5) is 0 Å². The normalized spacial score (nSPS) is 11.3. The third kappa shape index (κ3) is 13.0. The van der Waals surface area contributed by atoms with E-state index in [0.717, 1.165) is 6.42 Å². The maximum atomic E-state index is 10.0. The Kier molecular flexibility index (Phi) is 12.2. The number of carboxylic acid groups (broad SMARTS) is 1. The molecule has 0 aromatic carbocycles. The summed E-state index contributed by atoms with van der Waals surface area (Å²) in [6.07, 6.45) is 1.61. The fourth-order valence-electron chi connectivity index (χ4n) is 0.377. The molecule has 3 nitrogen and oxygen atoms in total. The molecule has 0 aromatic rings. The Labute approximate surface area is 76.3 Å². The van der Waals surface area contributed by atoms with E-state index in [-0.39, 0.29) is 4.83 Å². The average Bonchev–Trinajstić information content (AvgIpc) is 1.90. The molecule has 1 atom stereocenters. The van der Waals surface area contributed by atoms with Gasteiger partial charge in [-0.05, 0) is 20.5 Å². The van der Waals surface area contributed by atoms with Gasteiger partial charge < -0.3 is 10.4 Å². The Hall–Kier alpha value is -0.0900. The molecule has 0 heterocycles. The zero-order chi connectivity index (χ0) is 9.28. The van der Waals surface area contributed by atoms with E-state index in [1.165, 1.54) is 0 Å². The van der Waals surface area contributed by atoms with Crippen molar-refractivity contribution in [3.8, 4) is 0 Å². The first kappa shape index (κ1) is 13.5. The topological polar surface area (TPSA) is 49.3 Å². The molecule has 0 amide bonds. The van der Waals surface area contributed by atoms with Gasteiger partial charge in [0.05, 0.1) is 0 Å². The lowest BCUT2D eigenvalue weighted by Crippen LogP contribution is -2.11. The number of alkyl halides is 1. The van der Waals surface area contributed by atoms with Crippen LogP contribution in [0.3, 0.4) is 0 Å². The van der Waals surface area contributed by atoms with Crippen molar-refractivity contribution in [2.75, 3.05) is 14.1 Å². The third-order valence-corrected chi connectivity index (χ3v) is 1.66. The predicted molar refractivity (Wildman–Crippen MR) is 50.2 cm³/mol. The average molecular weight is 226 g/mol. The van der Waals surface area contributed by atoms with Crippen molar-refractivity contribution >= 4 is 21.9 Å². The SMILES string of the molecule is CCCC(Br)C(=O)O.CNC. The quantitative estimate of drug-likeness (QED) is 0.716. The van der Waals surface area contributed by atoms with Gasteiger partial charge >= 0.3 is 5.97 Å². The van der Waals surface area contributed by atoms with Gasteiger partial charge in [-0.15, -0.1) is 0 Å². The summed E-state index contributed by atoms with van der Waals surface area (Å²) in [4.78, 5) is 9.69. The van der Waals surface area contributed by atoms with Gasteiger partial charge in [0.2, 0.25) is 0 Å². The van der Waals surface area contributed by atoms with E-state index in [1.54, 1.807) is 0 Å². The highest BCUT2D eigenvalue weighted by molar-refractivity contribution is 9.10. The molecule has 0 aliphatic heterocycles. The largest absolute Gasteiger partial charge is 0.480 e. The fourth-order valence-corrected chi connectivity index (χ4v) is 0.835. The van der Waals surface area contributed by atoms with Crippen LogP contribution in [0, 0.1) is 0 Å². The highest BCUT2D eigenvalue weighted by atomic mass is 79.9. The summed E-state index contributed by atoms with van der Waals surface area (Å²) in [5.74, 6) is -0.771. The van der Waals surface area contributed by atoms with Gasteiger partial charge in [0.25, 0.3) is 0 Å². The molecule has 0 saturated carbocycles. The maximum Gasteiger partial charge on any atom is 0.317 e. The van der Waals surface area contributed by atoms with Crippen molar-refractivity contribution in [1.29, 1.82) is 0 Å². The van der Waals surface area contributed by atoms with Crippen LogP contribution >= 0.6 is 15.9 Å². The Balaban J connectivity index is 0. The second-order valence-electron chi connectivity index (χ2n) is 2.09. The minimum atomic E-state index is -0.771. The standard InChI is InChI=1S/C5H9BrO2.C2H7N/c1-2-3-4(6)5(7)8;1-3-2/h4H,2-3H2,1H3,(H,7,8);3H,1-2H3. The van der Waals surface area contributed by atoms with Gasteiger partial charge in [-0.2, -0.15) is 0 Å². The smallest absolute Gasteiger partial charge is 0.317 e. The summed E-state index contributed by atoms with van der Waals surface area (Å²) in [6.45, 7) is 1.96. The lowest BCUT2D eigenvalue weighted by molar-refractivity contribution is -0.136. The Bertz CT molecular complexity index is 98.4. The lowest BCUT2D eigenvalue weighted by atomic mass is 10.2. The number of rotatable bonds is 3. The molecule has 0 spiro atoms. The molecule has 0 radical (unpaired) electrons. The fraction of sp³-hybridized carbons (Fsp3) is 0.857. The Morgan fingerprint density at radius 1 is 1.64 bits per heavy atom. The first-order valence-electron chi connectivity index (χ1n) is 3.55. The first-order valence-corrected chi connectivity index (χ1v) is 4.47. The summed E-state index contributed by atoms with van der Waals surface area (Å²) in [5.41, 5.74) is 0. The van der Waals surface area contributed by atoms with E-state index in [4.69, 9.17) is 5.11 Å². The maximum absolute atomic E-state index is 10.0. The van der Waals surface area contributed by atoms with Crippen LogP contribution in [0.2, 0.25) is 0 Å². The first-order chi connectivity index (χ1) is 5.09. The minimum Gasteiger partial charge on any atom is -0.480 e. The van der Waals surface area contributed by atoms with Gasteiger partial charge in [-0.1, -0.05) is 29.3 Å². The molecular weight excluding hydrogens is 210 g/mol. The van der Waals surface area contributed by atoms with Gasteiger partial charge in [-0.25, -0.2) is 0 Å². The molecule has 0 bridgehead atoms. The van der Waals surface area contributed by atoms with Crippen LogP contribution in [0.15, 0.2) is 0 Å².